The average molecular weight is 397 g/mol. The Kier molecular flexibility index (Phi) is 6.11. The summed E-state index contributed by atoms with van der Waals surface area (Å²) in [5.41, 5.74) is 4.57. The van der Waals surface area contributed by atoms with Gasteiger partial charge < -0.3 is 9.88 Å². The van der Waals surface area contributed by atoms with Gasteiger partial charge in [-0.05, 0) is 37.6 Å². The molecule has 0 saturated heterocycles. The molecule has 1 heterocycles. The van der Waals surface area contributed by atoms with E-state index in [1.807, 2.05) is 38.1 Å². The Labute approximate surface area is 168 Å². The first-order chi connectivity index (χ1) is 13.5. The molecule has 0 atom stereocenters. The predicted octanol–water partition coefficient (Wildman–Crippen LogP) is 4.07. The smallest absolute Gasteiger partial charge is 0.288 e. The number of carbonyl (C=O) groups excluding carboxylic acids is 2. The summed E-state index contributed by atoms with van der Waals surface area (Å²) in [5, 5.41) is 5.33. The number of hydrazone groups is 1. The molecule has 0 aliphatic carbocycles. The Morgan fingerprint density at radius 2 is 1.79 bits per heavy atom. The Hall–Kier alpha value is -3.12. The molecule has 0 saturated carbocycles. The number of nitrogens with zero attached hydrogens (tertiary/aromatic N) is 2. The maximum atomic E-state index is 13.0. The molecule has 1 aromatic heterocycles. The predicted molar refractivity (Wildman–Crippen MR) is 112 cm³/mol. The minimum absolute atomic E-state index is 0.186. The highest BCUT2D eigenvalue weighted by molar-refractivity contribution is 6.30. The highest BCUT2D eigenvalue weighted by Crippen LogP contribution is 2.24. The topological polar surface area (TPSA) is 77.6 Å². The number of rotatable bonds is 6. The zero-order chi connectivity index (χ0) is 20.1. The normalized spacial score (nSPS) is 11.1. The van der Waals surface area contributed by atoms with Gasteiger partial charge in [0.1, 0.15) is 5.69 Å². The van der Waals surface area contributed by atoms with Crippen LogP contribution in [0.1, 0.15) is 40.3 Å². The molecule has 0 spiro atoms. The van der Waals surface area contributed by atoms with Crippen molar-refractivity contribution in [2.45, 2.75) is 13.8 Å². The Morgan fingerprint density at radius 3 is 2.46 bits per heavy atom. The minimum atomic E-state index is -0.475. The van der Waals surface area contributed by atoms with Crippen LogP contribution in [-0.2, 0) is 0 Å². The zero-order valence-corrected chi connectivity index (χ0v) is 16.5. The van der Waals surface area contributed by atoms with Crippen LogP contribution in [0, 0.1) is 0 Å². The number of nitrogens with one attached hydrogen (secondary N) is 2. The van der Waals surface area contributed by atoms with Crippen molar-refractivity contribution in [3.63, 3.8) is 0 Å². The van der Waals surface area contributed by atoms with E-state index in [1.165, 1.54) is 6.21 Å². The van der Waals surface area contributed by atoms with E-state index in [0.29, 0.717) is 29.1 Å². The van der Waals surface area contributed by atoms with E-state index in [0.717, 1.165) is 11.1 Å². The largest absolute Gasteiger partial charge is 0.350 e. The van der Waals surface area contributed by atoms with Crippen molar-refractivity contribution in [1.29, 1.82) is 0 Å². The molecule has 144 valence electrons. The van der Waals surface area contributed by atoms with E-state index < -0.39 is 5.91 Å². The number of carbonyl (C=O) groups is 2. The third-order valence-electron chi connectivity index (χ3n) is 4.45. The first kappa shape index (κ1) is 19.6. The molecule has 2 aromatic carbocycles. The number of amides is 2. The number of hydrogen-bond acceptors (Lipinski definition) is 3. The van der Waals surface area contributed by atoms with E-state index in [1.54, 1.807) is 29.2 Å². The fraction of sp³-hybridized carbons (Fsp3) is 0.190. The highest BCUT2D eigenvalue weighted by atomic mass is 35.5. The van der Waals surface area contributed by atoms with Crippen LogP contribution >= 0.6 is 11.6 Å². The number of para-hydroxylation sites is 1. The van der Waals surface area contributed by atoms with Gasteiger partial charge >= 0.3 is 0 Å². The zero-order valence-electron chi connectivity index (χ0n) is 15.7. The Balaban J connectivity index is 1.90. The number of aromatic nitrogens is 1. The van der Waals surface area contributed by atoms with Crippen molar-refractivity contribution in [2.75, 3.05) is 13.1 Å². The molecular formula is C21H21ClN4O2. The summed E-state index contributed by atoms with van der Waals surface area (Å²) in [6.07, 6.45) is 1.52. The first-order valence-corrected chi connectivity index (χ1v) is 9.41. The number of hydrogen-bond donors (Lipinski definition) is 2. The molecule has 7 heteroatoms. The second-order valence-electron chi connectivity index (χ2n) is 6.15. The third kappa shape index (κ3) is 4.07. The molecule has 0 radical (unpaired) electrons. The lowest BCUT2D eigenvalue weighted by Gasteiger charge is -2.18. The molecule has 28 heavy (non-hydrogen) atoms. The summed E-state index contributed by atoms with van der Waals surface area (Å²) in [7, 11) is 0. The summed E-state index contributed by atoms with van der Waals surface area (Å²) < 4.78 is 0. The van der Waals surface area contributed by atoms with Gasteiger partial charge in [-0.1, -0.05) is 41.9 Å². The fourth-order valence-corrected chi connectivity index (χ4v) is 3.10. The highest BCUT2D eigenvalue weighted by Gasteiger charge is 2.25. The maximum absolute atomic E-state index is 13.0. The van der Waals surface area contributed by atoms with Crippen molar-refractivity contribution < 1.29 is 9.59 Å². The SMILES string of the molecule is CCN(CC)C(=O)c1c(C(=O)N/N=C/c2ccc(Cl)cc2)[nH]c2ccccc12. The van der Waals surface area contributed by atoms with Gasteiger partial charge in [0.15, 0.2) is 0 Å². The summed E-state index contributed by atoms with van der Waals surface area (Å²) in [5.74, 6) is -0.661. The van der Waals surface area contributed by atoms with Crippen LogP contribution < -0.4 is 5.43 Å². The lowest BCUT2D eigenvalue weighted by atomic mass is 10.1. The van der Waals surface area contributed by atoms with Crippen molar-refractivity contribution in [3.05, 3.63) is 70.4 Å². The molecule has 0 unspecified atom stereocenters. The first-order valence-electron chi connectivity index (χ1n) is 9.04. The monoisotopic (exact) mass is 396 g/mol. The summed E-state index contributed by atoms with van der Waals surface area (Å²) >= 11 is 5.86. The van der Waals surface area contributed by atoms with Gasteiger partial charge in [0.25, 0.3) is 11.8 Å². The molecule has 0 aliphatic rings. The number of benzene rings is 2. The quantitative estimate of drug-likeness (QED) is 0.486. The second kappa shape index (κ2) is 8.71. The van der Waals surface area contributed by atoms with E-state index in [2.05, 4.69) is 15.5 Å². The number of halogens is 1. The van der Waals surface area contributed by atoms with Gasteiger partial charge in [0.2, 0.25) is 0 Å². The third-order valence-corrected chi connectivity index (χ3v) is 4.70. The number of aromatic amines is 1. The number of H-pyrrole nitrogens is 1. The lowest BCUT2D eigenvalue weighted by molar-refractivity contribution is 0.0767. The standard InChI is InChI=1S/C21H21ClN4O2/c1-3-26(4-2)21(28)18-16-7-5-6-8-17(16)24-19(18)20(27)25-23-13-14-9-11-15(22)12-10-14/h5-13,24H,3-4H2,1-2H3,(H,25,27)/b23-13+. The molecule has 0 fully saturated rings. The molecule has 0 bridgehead atoms. The molecule has 2 amide bonds. The van der Waals surface area contributed by atoms with Crippen molar-refractivity contribution >= 4 is 40.5 Å². The van der Waals surface area contributed by atoms with E-state index in [4.69, 9.17) is 11.6 Å². The van der Waals surface area contributed by atoms with Gasteiger partial charge in [-0.3, -0.25) is 9.59 Å². The van der Waals surface area contributed by atoms with Gasteiger partial charge in [0.05, 0.1) is 11.8 Å². The maximum Gasteiger partial charge on any atom is 0.288 e. The molecular weight excluding hydrogens is 376 g/mol. The van der Waals surface area contributed by atoms with Crippen LogP contribution in [0.2, 0.25) is 5.02 Å². The van der Waals surface area contributed by atoms with Gasteiger partial charge in [-0.25, -0.2) is 5.43 Å². The van der Waals surface area contributed by atoms with E-state index in [-0.39, 0.29) is 11.6 Å². The molecule has 0 aliphatic heterocycles. The number of fused-ring (bicyclic) bond motifs is 1. The van der Waals surface area contributed by atoms with E-state index >= 15 is 0 Å². The average Bonchev–Trinajstić information content (AvgIpc) is 3.10. The summed E-state index contributed by atoms with van der Waals surface area (Å²) in [4.78, 5) is 30.5. The van der Waals surface area contributed by atoms with Crippen LogP contribution in [0.25, 0.3) is 10.9 Å². The van der Waals surface area contributed by atoms with Crippen LogP contribution in [-0.4, -0.2) is 41.0 Å². The van der Waals surface area contributed by atoms with E-state index in [9.17, 15) is 9.59 Å². The van der Waals surface area contributed by atoms with Crippen molar-refractivity contribution in [2.24, 2.45) is 5.10 Å². The molecule has 3 rings (SSSR count). The summed E-state index contributed by atoms with van der Waals surface area (Å²) in [6, 6.07) is 14.4. The Bertz CT molecular complexity index is 1020. The molecule has 6 nitrogen and oxygen atoms in total. The van der Waals surface area contributed by atoms with Gasteiger partial charge in [0, 0.05) is 29.0 Å². The van der Waals surface area contributed by atoms with Crippen LogP contribution in [0.5, 0.6) is 0 Å². The van der Waals surface area contributed by atoms with Crippen LogP contribution in [0.4, 0.5) is 0 Å². The van der Waals surface area contributed by atoms with Crippen molar-refractivity contribution in [3.8, 4) is 0 Å². The molecule has 3 aromatic rings. The fourth-order valence-electron chi connectivity index (χ4n) is 2.97. The van der Waals surface area contributed by atoms with Gasteiger partial charge in [-0.15, -0.1) is 0 Å². The van der Waals surface area contributed by atoms with Gasteiger partial charge in [-0.2, -0.15) is 5.10 Å². The Morgan fingerprint density at radius 1 is 1.11 bits per heavy atom. The second-order valence-corrected chi connectivity index (χ2v) is 6.59. The summed E-state index contributed by atoms with van der Waals surface area (Å²) in [6.45, 7) is 4.94. The van der Waals surface area contributed by atoms with Crippen LogP contribution in [0.15, 0.2) is 53.6 Å². The lowest BCUT2D eigenvalue weighted by Crippen LogP contribution is -2.32. The van der Waals surface area contributed by atoms with Crippen LogP contribution in [0.3, 0.4) is 0 Å². The minimum Gasteiger partial charge on any atom is -0.350 e. The molecule has 2 N–H and O–H groups in total. The van der Waals surface area contributed by atoms with Crippen molar-refractivity contribution in [1.82, 2.24) is 15.3 Å².